The number of nitrogens with one attached hydrogen (secondary N) is 3. The van der Waals surface area contributed by atoms with E-state index in [9.17, 15) is 9.59 Å². The molecule has 1 aromatic carbocycles. The lowest BCUT2D eigenvalue weighted by atomic mass is 9.88. The number of hydrogen-bond acceptors (Lipinski definition) is 3. The summed E-state index contributed by atoms with van der Waals surface area (Å²) in [4.78, 5) is 24.8. The largest absolute Gasteiger partial charge is 0.350 e. The molecular formula is C23H31N3O2. The third kappa shape index (κ3) is 5.31. The second-order valence-corrected chi connectivity index (χ2v) is 8.33. The van der Waals surface area contributed by atoms with Crippen molar-refractivity contribution in [3.8, 4) is 0 Å². The SMILES string of the molecule is CC(C)c1ccc(C(=O)NC2CCC(=N)/C(=C\C(=O)NC3CCCC3)C2)cc1. The van der Waals surface area contributed by atoms with Gasteiger partial charge in [0.1, 0.15) is 0 Å². The Balaban J connectivity index is 1.58. The van der Waals surface area contributed by atoms with E-state index in [0.29, 0.717) is 30.0 Å². The Morgan fingerprint density at radius 1 is 1.04 bits per heavy atom. The van der Waals surface area contributed by atoms with Gasteiger partial charge in [-0.15, -0.1) is 0 Å². The van der Waals surface area contributed by atoms with Crippen LogP contribution in [-0.4, -0.2) is 29.6 Å². The molecule has 0 heterocycles. The van der Waals surface area contributed by atoms with Crippen LogP contribution >= 0.6 is 0 Å². The van der Waals surface area contributed by atoms with Crippen LogP contribution in [0.25, 0.3) is 0 Å². The maximum atomic E-state index is 12.6. The van der Waals surface area contributed by atoms with Crippen LogP contribution in [0.1, 0.15) is 80.6 Å². The highest BCUT2D eigenvalue weighted by Gasteiger charge is 2.24. The molecule has 5 nitrogen and oxygen atoms in total. The Kier molecular flexibility index (Phi) is 6.65. The summed E-state index contributed by atoms with van der Waals surface area (Å²) in [5, 5.41) is 14.3. The van der Waals surface area contributed by atoms with E-state index >= 15 is 0 Å². The van der Waals surface area contributed by atoms with E-state index in [1.54, 1.807) is 6.08 Å². The summed E-state index contributed by atoms with van der Waals surface area (Å²) in [5.74, 6) is 0.232. The zero-order valence-corrected chi connectivity index (χ0v) is 16.9. The van der Waals surface area contributed by atoms with Gasteiger partial charge in [-0.05, 0) is 61.3 Å². The van der Waals surface area contributed by atoms with Gasteiger partial charge in [0, 0.05) is 29.4 Å². The predicted molar refractivity (Wildman–Crippen MR) is 112 cm³/mol. The molecule has 2 fully saturated rings. The lowest BCUT2D eigenvalue weighted by Gasteiger charge is -2.26. The van der Waals surface area contributed by atoms with Gasteiger partial charge in [-0.2, -0.15) is 0 Å². The van der Waals surface area contributed by atoms with Gasteiger partial charge in [-0.3, -0.25) is 9.59 Å². The minimum atomic E-state index is -0.108. The average Bonchev–Trinajstić information content (AvgIpc) is 3.17. The quantitative estimate of drug-likeness (QED) is 0.671. The molecule has 3 rings (SSSR count). The first kappa shape index (κ1) is 20.3. The minimum Gasteiger partial charge on any atom is -0.350 e. The third-order valence-electron chi connectivity index (χ3n) is 5.78. The predicted octanol–water partition coefficient (Wildman–Crippen LogP) is 4.10. The van der Waals surface area contributed by atoms with Gasteiger partial charge >= 0.3 is 0 Å². The van der Waals surface area contributed by atoms with E-state index in [4.69, 9.17) is 5.41 Å². The molecule has 2 saturated carbocycles. The van der Waals surface area contributed by atoms with Gasteiger partial charge < -0.3 is 16.0 Å². The summed E-state index contributed by atoms with van der Waals surface area (Å²) >= 11 is 0. The van der Waals surface area contributed by atoms with Crippen LogP contribution in [-0.2, 0) is 4.79 Å². The van der Waals surface area contributed by atoms with E-state index in [1.807, 2.05) is 24.3 Å². The molecule has 1 atom stereocenters. The van der Waals surface area contributed by atoms with Crippen molar-refractivity contribution in [1.29, 1.82) is 5.41 Å². The van der Waals surface area contributed by atoms with Gasteiger partial charge in [0.05, 0.1) is 0 Å². The summed E-state index contributed by atoms with van der Waals surface area (Å²) in [6.45, 7) is 4.26. The summed E-state index contributed by atoms with van der Waals surface area (Å²) in [6, 6.07) is 7.94. The molecule has 1 aromatic rings. The molecule has 0 saturated heterocycles. The Morgan fingerprint density at radius 2 is 1.71 bits per heavy atom. The number of hydrogen-bond donors (Lipinski definition) is 3. The zero-order chi connectivity index (χ0) is 20.1. The molecular weight excluding hydrogens is 350 g/mol. The molecule has 150 valence electrons. The second kappa shape index (κ2) is 9.18. The van der Waals surface area contributed by atoms with Crippen LogP contribution in [0.2, 0.25) is 0 Å². The highest BCUT2D eigenvalue weighted by Crippen LogP contribution is 2.22. The van der Waals surface area contributed by atoms with Crippen LogP contribution in [0.5, 0.6) is 0 Å². The fraction of sp³-hybridized carbons (Fsp3) is 0.522. The number of carbonyl (C=O) groups excluding carboxylic acids is 2. The van der Waals surface area contributed by atoms with Crippen LogP contribution in [0.4, 0.5) is 0 Å². The fourth-order valence-corrected chi connectivity index (χ4v) is 4.00. The first-order valence-corrected chi connectivity index (χ1v) is 10.4. The monoisotopic (exact) mass is 381 g/mol. The van der Waals surface area contributed by atoms with Crippen LogP contribution < -0.4 is 10.6 Å². The lowest BCUT2D eigenvalue weighted by Crippen LogP contribution is -2.39. The normalized spacial score (nSPS) is 21.9. The average molecular weight is 382 g/mol. The zero-order valence-electron chi connectivity index (χ0n) is 16.9. The van der Waals surface area contributed by atoms with Crippen molar-refractivity contribution in [2.75, 3.05) is 0 Å². The molecule has 2 amide bonds. The van der Waals surface area contributed by atoms with Crippen molar-refractivity contribution in [2.24, 2.45) is 0 Å². The van der Waals surface area contributed by atoms with Crippen molar-refractivity contribution in [1.82, 2.24) is 10.6 Å². The molecule has 2 aliphatic rings. The molecule has 5 heteroatoms. The first-order chi connectivity index (χ1) is 13.4. The summed E-state index contributed by atoms with van der Waals surface area (Å²) in [6.07, 6.45) is 7.84. The smallest absolute Gasteiger partial charge is 0.251 e. The van der Waals surface area contributed by atoms with Gasteiger partial charge in [-0.1, -0.05) is 38.8 Å². The van der Waals surface area contributed by atoms with Crippen molar-refractivity contribution in [3.63, 3.8) is 0 Å². The standard InChI is InChI=1S/C23H31N3O2/c1-15(2)16-7-9-17(10-8-16)23(28)26-20-11-12-21(24)18(13-20)14-22(27)25-19-5-3-4-6-19/h7-10,14-15,19-20,24H,3-6,11-13H2,1-2H3,(H,25,27)(H,26,28)/b18-14-,24-21?. The maximum absolute atomic E-state index is 12.6. The first-order valence-electron chi connectivity index (χ1n) is 10.4. The Labute approximate surface area is 167 Å². The van der Waals surface area contributed by atoms with Crippen LogP contribution in [0, 0.1) is 5.41 Å². The maximum Gasteiger partial charge on any atom is 0.251 e. The highest BCUT2D eigenvalue weighted by atomic mass is 16.2. The number of benzene rings is 1. The molecule has 0 aromatic heterocycles. The molecule has 0 spiro atoms. The van der Waals surface area contributed by atoms with Gasteiger partial charge in [0.25, 0.3) is 5.91 Å². The molecule has 0 bridgehead atoms. The van der Waals surface area contributed by atoms with Crippen molar-refractivity contribution in [3.05, 3.63) is 47.0 Å². The van der Waals surface area contributed by atoms with E-state index in [-0.39, 0.29) is 23.9 Å². The fourth-order valence-electron chi connectivity index (χ4n) is 4.00. The van der Waals surface area contributed by atoms with Gasteiger partial charge in [0.15, 0.2) is 0 Å². The second-order valence-electron chi connectivity index (χ2n) is 8.33. The van der Waals surface area contributed by atoms with Crippen molar-refractivity contribution in [2.45, 2.75) is 76.8 Å². The Bertz CT molecular complexity index is 759. The lowest BCUT2D eigenvalue weighted by molar-refractivity contribution is -0.117. The molecule has 0 aliphatic heterocycles. The minimum absolute atomic E-state index is 0.0445. The van der Waals surface area contributed by atoms with E-state index < -0.39 is 0 Å². The topological polar surface area (TPSA) is 82.1 Å². The van der Waals surface area contributed by atoms with Crippen LogP contribution in [0.3, 0.4) is 0 Å². The van der Waals surface area contributed by atoms with Crippen molar-refractivity contribution < 1.29 is 9.59 Å². The summed E-state index contributed by atoms with van der Waals surface area (Å²) in [7, 11) is 0. The van der Waals surface area contributed by atoms with E-state index in [2.05, 4.69) is 24.5 Å². The molecule has 28 heavy (non-hydrogen) atoms. The molecule has 2 aliphatic carbocycles. The van der Waals surface area contributed by atoms with E-state index in [1.165, 1.54) is 18.4 Å². The Hall–Kier alpha value is -2.43. The summed E-state index contributed by atoms with van der Waals surface area (Å²) in [5.41, 5.74) is 3.10. The number of rotatable bonds is 5. The van der Waals surface area contributed by atoms with Gasteiger partial charge in [-0.25, -0.2) is 0 Å². The van der Waals surface area contributed by atoms with E-state index in [0.717, 1.165) is 24.8 Å². The molecule has 3 N–H and O–H groups in total. The van der Waals surface area contributed by atoms with Crippen LogP contribution in [0.15, 0.2) is 35.9 Å². The highest BCUT2D eigenvalue weighted by molar-refractivity contribution is 6.04. The summed E-state index contributed by atoms with van der Waals surface area (Å²) < 4.78 is 0. The van der Waals surface area contributed by atoms with Crippen molar-refractivity contribution >= 4 is 17.5 Å². The molecule has 0 radical (unpaired) electrons. The van der Waals surface area contributed by atoms with Gasteiger partial charge in [0.2, 0.25) is 5.91 Å². The number of carbonyl (C=O) groups is 2. The Morgan fingerprint density at radius 3 is 2.36 bits per heavy atom. The molecule has 1 unspecified atom stereocenters. The third-order valence-corrected chi connectivity index (χ3v) is 5.78. The number of amides is 2.